The van der Waals surface area contributed by atoms with Crippen LogP contribution in [0.25, 0.3) is 21.8 Å². The first-order valence-corrected chi connectivity index (χ1v) is 12.8. The van der Waals surface area contributed by atoms with Crippen LogP contribution in [-0.2, 0) is 25.7 Å². The van der Waals surface area contributed by atoms with Crippen LogP contribution in [0.15, 0.2) is 83.4 Å². The van der Waals surface area contributed by atoms with E-state index in [0.29, 0.717) is 23.6 Å². The third kappa shape index (κ3) is 5.60. The van der Waals surface area contributed by atoms with Crippen molar-refractivity contribution in [3.05, 3.63) is 94.6 Å². The summed E-state index contributed by atoms with van der Waals surface area (Å²) in [6.07, 6.45) is 1.11. The summed E-state index contributed by atoms with van der Waals surface area (Å²) in [6.45, 7) is 7.55. The maximum absolute atomic E-state index is 11.7. The van der Waals surface area contributed by atoms with Gasteiger partial charge in [0, 0.05) is 75.3 Å². The molecule has 9 nitrogen and oxygen atoms in total. The Hall–Kier alpha value is -4.44. The van der Waals surface area contributed by atoms with Gasteiger partial charge in [-0.15, -0.1) is 11.8 Å². The van der Waals surface area contributed by atoms with Crippen LogP contribution in [0.3, 0.4) is 0 Å². The average Bonchev–Trinajstić information content (AvgIpc) is 3.23. The van der Waals surface area contributed by atoms with Gasteiger partial charge >= 0.3 is 11.9 Å². The minimum atomic E-state index is -0.566. The molecule has 3 aromatic carbocycles. The van der Waals surface area contributed by atoms with Crippen LogP contribution in [0.1, 0.15) is 25.0 Å². The van der Waals surface area contributed by atoms with Gasteiger partial charge in [0.2, 0.25) is 0 Å². The number of fused-ring (bicyclic) bond motifs is 3. The van der Waals surface area contributed by atoms with Gasteiger partial charge in [-0.2, -0.15) is 0 Å². The normalized spacial score (nSPS) is 11.5. The van der Waals surface area contributed by atoms with Crippen molar-refractivity contribution in [2.45, 2.75) is 25.3 Å². The largest absolute Gasteiger partial charge is 0.462 e. The van der Waals surface area contributed by atoms with E-state index in [1.807, 2.05) is 49.4 Å². The number of hydrogen-bond donors (Lipinski definition) is 0. The lowest BCUT2D eigenvalue weighted by molar-refractivity contribution is -0.384. The van der Waals surface area contributed by atoms with Gasteiger partial charge in [-0.05, 0) is 31.2 Å². The number of carbonyl (C=O) groups excluding carboxylic acids is 2. The van der Waals surface area contributed by atoms with Crippen molar-refractivity contribution in [2.24, 2.45) is 5.16 Å². The van der Waals surface area contributed by atoms with Crippen LogP contribution in [-0.4, -0.2) is 39.5 Å². The molecule has 0 saturated heterocycles. The van der Waals surface area contributed by atoms with Gasteiger partial charge in [-0.3, -0.25) is 10.1 Å². The first-order valence-electron chi connectivity index (χ1n) is 11.8. The SMILES string of the molecule is C=CC(=O)OCCSc1ccccc1C(=NOC(C)=O)c1ccc2c(c1)c1cc([N+](=O)[O-])ccc1n2CC. The number of non-ortho nitro benzene ring substituents is 1. The molecular formula is C28H25N3O6S. The van der Waals surface area contributed by atoms with Crippen LogP contribution in [0.2, 0.25) is 0 Å². The number of nitrogens with zero attached hydrogens (tertiary/aromatic N) is 3. The summed E-state index contributed by atoms with van der Waals surface area (Å²) in [5.74, 6) is -0.566. The predicted octanol–water partition coefficient (Wildman–Crippen LogP) is 5.86. The Morgan fingerprint density at radius 1 is 1.11 bits per heavy atom. The van der Waals surface area contributed by atoms with E-state index >= 15 is 0 Å². The molecule has 1 heterocycles. The minimum Gasteiger partial charge on any atom is -0.462 e. The number of nitro groups is 1. The number of hydrogen-bond acceptors (Lipinski definition) is 8. The smallest absolute Gasteiger partial charge is 0.332 e. The summed E-state index contributed by atoms with van der Waals surface area (Å²) in [7, 11) is 0. The van der Waals surface area contributed by atoms with E-state index < -0.39 is 16.9 Å². The van der Waals surface area contributed by atoms with Gasteiger partial charge in [0.15, 0.2) is 0 Å². The van der Waals surface area contributed by atoms with E-state index in [-0.39, 0.29) is 12.3 Å². The molecule has 1 aromatic heterocycles. The van der Waals surface area contributed by atoms with Crippen LogP contribution in [0, 0.1) is 10.1 Å². The summed E-state index contributed by atoms with van der Waals surface area (Å²) >= 11 is 1.46. The fourth-order valence-corrected chi connectivity index (χ4v) is 5.08. The second kappa shape index (κ2) is 11.7. The molecule has 4 aromatic rings. The van der Waals surface area contributed by atoms with Crippen molar-refractivity contribution in [1.29, 1.82) is 0 Å². The molecule has 0 aliphatic carbocycles. The Bertz CT molecular complexity index is 1590. The van der Waals surface area contributed by atoms with Gasteiger partial charge in [-0.1, -0.05) is 36.0 Å². The number of aromatic nitrogens is 1. The van der Waals surface area contributed by atoms with E-state index in [1.54, 1.807) is 12.1 Å². The molecule has 0 fully saturated rings. The fraction of sp³-hybridized carbons (Fsp3) is 0.179. The lowest BCUT2D eigenvalue weighted by Crippen LogP contribution is -2.09. The second-order valence-electron chi connectivity index (χ2n) is 8.17. The predicted molar refractivity (Wildman–Crippen MR) is 147 cm³/mol. The fourth-order valence-electron chi connectivity index (χ4n) is 4.20. The van der Waals surface area contributed by atoms with Crippen molar-refractivity contribution >= 4 is 56.9 Å². The lowest BCUT2D eigenvalue weighted by atomic mass is 10.00. The van der Waals surface area contributed by atoms with Crippen molar-refractivity contribution < 1.29 is 24.1 Å². The summed E-state index contributed by atoms with van der Waals surface area (Å²) in [5, 5.41) is 17.2. The second-order valence-corrected chi connectivity index (χ2v) is 9.31. The Balaban J connectivity index is 1.82. The molecule has 0 radical (unpaired) electrons. The highest BCUT2D eigenvalue weighted by Crippen LogP contribution is 2.34. The first kappa shape index (κ1) is 26.6. The number of thioether (sulfide) groups is 1. The molecular weight excluding hydrogens is 506 g/mol. The Labute approximate surface area is 222 Å². The molecule has 0 bridgehead atoms. The molecule has 0 saturated carbocycles. The molecule has 194 valence electrons. The zero-order chi connectivity index (χ0) is 27.2. The average molecular weight is 532 g/mol. The highest BCUT2D eigenvalue weighted by molar-refractivity contribution is 7.99. The van der Waals surface area contributed by atoms with Gasteiger partial charge < -0.3 is 14.1 Å². The van der Waals surface area contributed by atoms with Gasteiger partial charge in [-0.25, -0.2) is 9.59 Å². The third-order valence-electron chi connectivity index (χ3n) is 5.81. The van der Waals surface area contributed by atoms with Crippen molar-refractivity contribution in [3.8, 4) is 0 Å². The molecule has 0 unspecified atom stereocenters. The minimum absolute atomic E-state index is 0.00533. The first-order chi connectivity index (χ1) is 18.3. The molecule has 0 aliphatic rings. The van der Waals surface area contributed by atoms with Crippen molar-refractivity contribution in [3.63, 3.8) is 0 Å². The summed E-state index contributed by atoms with van der Waals surface area (Å²) < 4.78 is 7.17. The molecule has 4 rings (SSSR count). The highest BCUT2D eigenvalue weighted by Gasteiger charge is 2.18. The number of oxime groups is 1. The molecule has 0 amide bonds. The number of esters is 1. The number of nitro benzene ring substituents is 1. The molecule has 0 spiro atoms. The standard InChI is InChI=1S/C28H25N3O6S/c1-4-27(33)36-14-15-38-26-9-7-6-8-21(26)28(29-37-18(3)32)19-10-12-24-22(16-19)23-17-20(31(34)35)11-13-25(23)30(24)5-2/h4,6-13,16-17H,1,5,14-15H2,2-3H3. The van der Waals surface area contributed by atoms with Crippen LogP contribution in [0.5, 0.6) is 0 Å². The van der Waals surface area contributed by atoms with Crippen LogP contribution < -0.4 is 0 Å². The molecule has 10 heteroatoms. The van der Waals surface area contributed by atoms with Crippen LogP contribution in [0.4, 0.5) is 5.69 Å². The van der Waals surface area contributed by atoms with Gasteiger partial charge in [0.25, 0.3) is 5.69 Å². The van der Waals surface area contributed by atoms with E-state index in [9.17, 15) is 19.7 Å². The molecule has 0 aliphatic heterocycles. The molecule has 0 N–H and O–H groups in total. The zero-order valence-electron chi connectivity index (χ0n) is 20.9. The Kier molecular flexibility index (Phi) is 8.22. The number of benzene rings is 3. The van der Waals surface area contributed by atoms with Crippen molar-refractivity contribution in [2.75, 3.05) is 12.4 Å². The Morgan fingerprint density at radius 2 is 1.82 bits per heavy atom. The topological polar surface area (TPSA) is 113 Å². The maximum atomic E-state index is 11.7. The van der Waals surface area contributed by atoms with Gasteiger partial charge in [0.1, 0.15) is 12.3 Å². The monoisotopic (exact) mass is 531 g/mol. The number of ether oxygens (including phenoxy) is 1. The van der Waals surface area contributed by atoms with E-state index in [1.165, 1.54) is 24.8 Å². The Morgan fingerprint density at radius 3 is 2.50 bits per heavy atom. The number of aryl methyl sites for hydroxylation is 1. The van der Waals surface area contributed by atoms with E-state index in [4.69, 9.17) is 9.57 Å². The number of carbonyl (C=O) groups is 2. The van der Waals surface area contributed by atoms with Crippen molar-refractivity contribution in [1.82, 2.24) is 4.57 Å². The number of rotatable bonds is 10. The molecule has 0 atom stereocenters. The highest BCUT2D eigenvalue weighted by atomic mass is 32.2. The third-order valence-corrected chi connectivity index (χ3v) is 6.85. The quantitative estimate of drug-likeness (QED) is 0.0368. The van der Waals surface area contributed by atoms with E-state index in [2.05, 4.69) is 16.3 Å². The molecule has 38 heavy (non-hydrogen) atoms. The summed E-state index contributed by atoms with van der Waals surface area (Å²) in [4.78, 5) is 40.0. The maximum Gasteiger partial charge on any atom is 0.332 e. The van der Waals surface area contributed by atoms with Crippen LogP contribution >= 0.6 is 11.8 Å². The van der Waals surface area contributed by atoms with E-state index in [0.717, 1.165) is 38.3 Å². The summed E-state index contributed by atoms with van der Waals surface area (Å²) in [6, 6.07) is 18.1. The zero-order valence-corrected chi connectivity index (χ0v) is 21.7. The summed E-state index contributed by atoms with van der Waals surface area (Å²) in [5.41, 5.74) is 3.63. The lowest BCUT2D eigenvalue weighted by Gasteiger charge is -2.12. The van der Waals surface area contributed by atoms with Gasteiger partial charge in [0.05, 0.1) is 4.92 Å².